The van der Waals surface area contributed by atoms with Crippen molar-refractivity contribution in [3.8, 4) is 0 Å². The van der Waals surface area contributed by atoms with Gasteiger partial charge in [0.25, 0.3) is 0 Å². The molecule has 0 spiro atoms. The molecular formula is C20H22N4O. The first kappa shape index (κ1) is 16.0. The fourth-order valence-electron chi connectivity index (χ4n) is 3.57. The van der Waals surface area contributed by atoms with E-state index in [1.165, 1.54) is 5.56 Å². The molecule has 0 aliphatic carbocycles. The SMILES string of the molecule is [O-][n+]1cc(CNC2CCCNC2c2ccccc2)nc2ccccc21. The Kier molecular flexibility index (Phi) is 4.59. The first-order valence-corrected chi connectivity index (χ1v) is 8.81. The molecule has 0 bridgehead atoms. The average molecular weight is 334 g/mol. The van der Waals surface area contributed by atoms with Gasteiger partial charge in [0.1, 0.15) is 11.2 Å². The van der Waals surface area contributed by atoms with E-state index in [0.29, 0.717) is 18.1 Å². The van der Waals surface area contributed by atoms with Crippen LogP contribution in [0.1, 0.15) is 30.1 Å². The molecule has 1 saturated heterocycles. The molecule has 128 valence electrons. The molecule has 1 aliphatic heterocycles. The number of hydrogen-bond acceptors (Lipinski definition) is 4. The van der Waals surface area contributed by atoms with Gasteiger partial charge >= 0.3 is 0 Å². The van der Waals surface area contributed by atoms with Gasteiger partial charge in [-0.3, -0.25) is 0 Å². The van der Waals surface area contributed by atoms with Gasteiger partial charge in [-0.15, -0.1) is 0 Å². The summed E-state index contributed by atoms with van der Waals surface area (Å²) in [6.45, 7) is 1.62. The van der Waals surface area contributed by atoms with Crippen molar-refractivity contribution in [2.45, 2.75) is 31.5 Å². The summed E-state index contributed by atoms with van der Waals surface area (Å²) in [5.74, 6) is 0. The normalized spacial score (nSPS) is 20.6. The van der Waals surface area contributed by atoms with E-state index in [1.54, 1.807) is 12.3 Å². The van der Waals surface area contributed by atoms with Crippen molar-refractivity contribution in [2.75, 3.05) is 6.54 Å². The molecule has 2 heterocycles. The summed E-state index contributed by atoms with van der Waals surface area (Å²) in [5, 5.41) is 19.4. The number of rotatable bonds is 4. The van der Waals surface area contributed by atoms with Gasteiger partial charge in [-0.25, -0.2) is 4.98 Å². The highest BCUT2D eigenvalue weighted by molar-refractivity contribution is 5.70. The Morgan fingerprint density at radius 1 is 1.12 bits per heavy atom. The highest BCUT2D eigenvalue weighted by atomic mass is 16.5. The molecule has 0 radical (unpaired) electrons. The van der Waals surface area contributed by atoms with E-state index in [0.717, 1.165) is 35.3 Å². The molecule has 2 aromatic carbocycles. The molecule has 2 unspecified atom stereocenters. The maximum absolute atomic E-state index is 12.2. The summed E-state index contributed by atoms with van der Waals surface area (Å²) in [4.78, 5) is 4.61. The molecule has 25 heavy (non-hydrogen) atoms. The fourth-order valence-corrected chi connectivity index (χ4v) is 3.57. The number of nitrogens with one attached hydrogen (secondary N) is 2. The Morgan fingerprint density at radius 3 is 2.80 bits per heavy atom. The van der Waals surface area contributed by atoms with Gasteiger partial charge in [-0.2, -0.15) is 4.73 Å². The summed E-state index contributed by atoms with van der Waals surface area (Å²) >= 11 is 0. The third-order valence-corrected chi connectivity index (χ3v) is 4.81. The topological polar surface area (TPSA) is 63.9 Å². The van der Waals surface area contributed by atoms with Crippen molar-refractivity contribution >= 4 is 11.0 Å². The average Bonchev–Trinajstić information content (AvgIpc) is 2.67. The number of hydrogen-bond donors (Lipinski definition) is 2. The highest BCUT2D eigenvalue weighted by Gasteiger charge is 2.25. The molecule has 2 atom stereocenters. The second-order valence-corrected chi connectivity index (χ2v) is 6.52. The highest BCUT2D eigenvalue weighted by Crippen LogP contribution is 2.23. The monoisotopic (exact) mass is 334 g/mol. The van der Waals surface area contributed by atoms with Crippen molar-refractivity contribution in [2.24, 2.45) is 0 Å². The van der Waals surface area contributed by atoms with Crippen LogP contribution in [0.4, 0.5) is 0 Å². The first-order chi connectivity index (χ1) is 12.3. The number of piperidine rings is 1. The van der Waals surface area contributed by atoms with E-state index in [2.05, 4.69) is 39.9 Å². The molecule has 0 saturated carbocycles. The smallest absolute Gasteiger partial charge is 0.242 e. The van der Waals surface area contributed by atoms with E-state index in [-0.39, 0.29) is 6.04 Å². The van der Waals surface area contributed by atoms with E-state index in [1.807, 2.05) is 24.3 Å². The molecule has 5 nitrogen and oxygen atoms in total. The maximum Gasteiger partial charge on any atom is 0.242 e. The predicted molar refractivity (Wildman–Crippen MR) is 97.8 cm³/mol. The zero-order valence-electron chi connectivity index (χ0n) is 14.1. The number of para-hydroxylation sites is 2. The summed E-state index contributed by atoms with van der Waals surface area (Å²) in [5.41, 5.74) is 3.40. The van der Waals surface area contributed by atoms with Gasteiger partial charge in [0, 0.05) is 24.7 Å². The molecule has 1 aromatic heterocycles. The Balaban J connectivity index is 1.51. The van der Waals surface area contributed by atoms with Gasteiger partial charge < -0.3 is 15.8 Å². The van der Waals surface area contributed by atoms with Gasteiger partial charge in [0.15, 0.2) is 0 Å². The van der Waals surface area contributed by atoms with Crippen molar-refractivity contribution in [1.82, 2.24) is 15.6 Å². The maximum atomic E-state index is 12.2. The number of fused-ring (bicyclic) bond motifs is 1. The lowest BCUT2D eigenvalue weighted by molar-refractivity contribution is -0.577. The molecule has 2 N–H and O–H groups in total. The second kappa shape index (κ2) is 7.17. The van der Waals surface area contributed by atoms with Crippen LogP contribution in [0.5, 0.6) is 0 Å². The minimum Gasteiger partial charge on any atom is -0.618 e. The standard InChI is InChI=1S/C20H22N4O/c25-24-14-16(23-17-9-4-5-11-19(17)24)13-22-18-10-6-12-21-20(18)15-7-2-1-3-8-15/h1-5,7-9,11,14,18,20-22H,6,10,12-13H2. The predicted octanol–water partition coefficient (Wildman–Crippen LogP) is 2.45. The quantitative estimate of drug-likeness (QED) is 0.568. The Bertz CT molecular complexity index is 853. The van der Waals surface area contributed by atoms with Gasteiger partial charge in [-0.05, 0) is 31.0 Å². The molecule has 4 rings (SSSR count). The number of aromatic nitrogens is 2. The molecular weight excluding hydrogens is 312 g/mol. The third-order valence-electron chi connectivity index (χ3n) is 4.81. The fraction of sp³-hybridized carbons (Fsp3) is 0.300. The summed E-state index contributed by atoms with van der Waals surface area (Å²) in [7, 11) is 0. The molecule has 1 aliphatic rings. The largest absolute Gasteiger partial charge is 0.618 e. The molecule has 5 heteroatoms. The van der Waals surface area contributed by atoms with Crippen LogP contribution in [0.3, 0.4) is 0 Å². The Morgan fingerprint density at radius 2 is 1.92 bits per heavy atom. The number of nitrogens with zero attached hydrogens (tertiary/aromatic N) is 2. The first-order valence-electron chi connectivity index (χ1n) is 8.81. The van der Waals surface area contributed by atoms with Gasteiger partial charge in [0.2, 0.25) is 11.7 Å². The zero-order valence-corrected chi connectivity index (χ0v) is 14.1. The van der Waals surface area contributed by atoms with Crippen molar-refractivity contribution < 1.29 is 4.73 Å². The van der Waals surface area contributed by atoms with Crippen LogP contribution < -0.4 is 15.4 Å². The van der Waals surface area contributed by atoms with Crippen LogP contribution in [0, 0.1) is 5.21 Å². The van der Waals surface area contributed by atoms with E-state index < -0.39 is 0 Å². The zero-order chi connectivity index (χ0) is 17.1. The minimum absolute atomic E-state index is 0.287. The van der Waals surface area contributed by atoms with Gasteiger partial charge in [0.05, 0.1) is 0 Å². The van der Waals surface area contributed by atoms with Gasteiger partial charge in [-0.1, -0.05) is 42.5 Å². The third kappa shape index (κ3) is 3.48. The lowest BCUT2D eigenvalue weighted by atomic mass is 9.92. The van der Waals surface area contributed by atoms with Crippen LogP contribution in [-0.4, -0.2) is 17.6 Å². The molecule has 3 aromatic rings. The summed E-state index contributed by atoms with van der Waals surface area (Å²) < 4.78 is 0.910. The van der Waals surface area contributed by atoms with Crippen molar-refractivity contribution in [3.05, 3.63) is 77.3 Å². The Hall–Kier alpha value is -2.50. The summed E-state index contributed by atoms with van der Waals surface area (Å²) in [6, 6.07) is 18.6. The second-order valence-electron chi connectivity index (χ2n) is 6.52. The summed E-state index contributed by atoms with van der Waals surface area (Å²) in [6.07, 6.45) is 3.83. The molecule has 1 fully saturated rings. The van der Waals surface area contributed by atoms with Crippen LogP contribution in [-0.2, 0) is 6.54 Å². The lowest BCUT2D eigenvalue weighted by Crippen LogP contribution is -2.46. The van der Waals surface area contributed by atoms with E-state index in [4.69, 9.17) is 0 Å². The molecule has 0 amide bonds. The van der Waals surface area contributed by atoms with Crippen molar-refractivity contribution in [1.29, 1.82) is 0 Å². The lowest BCUT2D eigenvalue weighted by Gasteiger charge is -2.33. The van der Waals surface area contributed by atoms with Crippen LogP contribution in [0.2, 0.25) is 0 Å². The van der Waals surface area contributed by atoms with Crippen LogP contribution >= 0.6 is 0 Å². The number of benzene rings is 2. The van der Waals surface area contributed by atoms with E-state index in [9.17, 15) is 5.21 Å². The van der Waals surface area contributed by atoms with Crippen molar-refractivity contribution in [3.63, 3.8) is 0 Å². The Labute approximate surface area is 147 Å². The van der Waals surface area contributed by atoms with Crippen LogP contribution in [0.25, 0.3) is 11.0 Å². The van der Waals surface area contributed by atoms with Crippen LogP contribution in [0.15, 0.2) is 60.8 Å². The van der Waals surface area contributed by atoms with E-state index >= 15 is 0 Å². The minimum atomic E-state index is 0.287.